The summed E-state index contributed by atoms with van der Waals surface area (Å²) in [7, 11) is 0. The van der Waals surface area contributed by atoms with Crippen molar-refractivity contribution in [1.29, 1.82) is 0 Å². The SMILES string of the molecule is C[C@@H](NC(=O)CCCCNC(=O)[C@H](NC(=O)C1CC1)c1ccccc1)c1ccc(-c2ccc(-c3cnc([C@@H]4CCCN4C(=O)[C@H](NC(=O)C4CC4)c4ccccc4)[nH]3)cc2)cc1. The molecule has 320 valence electrons. The highest BCUT2D eigenvalue weighted by Gasteiger charge is 2.39. The number of amides is 5. The third-order valence-corrected chi connectivity index (χ3v) is 12.1. The maximum atomic E-state index is 14.1. The molecule has 8 rings (SSSR count). The number of H-pyrrole nitrogens is 1. The van der Waals surface area contributed by atoms with Crippen molar-refractivity contribution in [2.24, 2.45) is 11.8 Å². The normalized spacial score (nSPS) is 17.4. The molecule has 2 heterocycles. The number of nitrogens with zero attached hydrogens (tertiary/aromatic N) is 2. The molecule has 4 aromatic carbocycles. The fourth-order valence-corrected chi connectivity index (χ4v) is 8.15. The number of nitrogens with one attached hydrogen (secondary N) is 5. The highest BCUT2D eigenvalue weighted by molar-refractivity contribution is 5.91. The van der Waals surface area contributed by atoms with Crippen LogP contribution in [0.2, 0.25) is 0 Å². The molecular weight excluding hydrogens is 779 g/mol. The van der Waals surface area contributed by atoms with Gasteiger partial charge < -0.3 is 31.2 Å². The largest absolute Gasteiger partial charge is 0.354 e. The number of rotatable bonds is 18. The lowest BCUT2D eigenvalue weighted by Crippen LogP contribution is -2.43. The standard InChI is InChI=1S/C50H55N7O5/c1-32(53-43(58)16-8-9-29-51-49(61)44(37-11-4-2-5-12-37)55-47(59)39-25-26-39)33-17-19-34(20-18-33)35-21-23-36(24-22-35)41-31-52-46(54-41)42-15-10-30-57(42)50(62)45(38-13-6-3-7-14-38)56-48(60)40-27-28-40/h2-7,11-14,17-24,31-32,39-40,42,44-45H,8-10,15-16,25-30H2,1H3,(H,51,61)(H,52,54)(H,53,58)(H,55,59)(H,56,60)/t32-,42+,44-,45-/m1/s1. The third-order valence-electron chi connectivity index (χ3n) is 12.1. The van der Waals surface area contributed by atoms with E-state index in [4.69, 9.17) is 4.98 Å². The van der Waals surface area contributed by atoms with Gasteiger partial charge in [0, 0.05) is 31.3 Å². The molecule has 4 atom stereocenters. The van der Waals surface area contributed by atoms with E-state index in [-0.39, 0.29) is 53.5 Å². The molecule has 12 nitrogen and oxygen atoms in total. The number of carbonyl (C=O) groups excluding carboxylic acids is 5. The van der Waals surface area contributed by atoms with Crippen molar-refractivity contribution in [1.82, 2.24) is 36.1 Å². The Hall–Kier alpha value is -6.56. The molecule has 5 aromatic rings. The van der Waals surface area contributed by atoms with Gasteiger partial charge in [-0.25, -0.2) is 4.98 Å². The van der Waals surface area contributed by atoms with Crippen molar-refractivity contribution >= 4 is 29.5 Å². The first-order valence-electron chi connectivity index (χ1n) is 22.1. The monoisotopic (exact) mass is 833 g/mol. The van der Waals surface area contributed by atoms with Gasteiger partial charge in [0.25, 0.3) is 0 Å². The highest BCUT2D eigenvalue weighted by atomic mass is 16.2. The summed E-state index contributed by atoms with van der Waals surface area (Å²) in [4.78, 5) is 75.2. The number of carbonyl (C=O) groups is 5. The van der Waals surface area contributed by atoms with Crippen LogP contribution in [-0.4, -0.2) is 57.5 Å². The van der Waals surface area contributed by atoms with Crippen LogP contribution in [0.4, 0.5) is 0 Å². The van der Waals surface area contributed by atoms with E-state index in [0.29, 0.717) is 32.4 Å². The first kappa shape index (κ1) is 42.1. The molecular formula is C50H55N7O5. The van der Waals surface area contributed by atoms with Crippen LogP contribution in [0.25, 0.3) is 22.4 Å². The van der Waals surface area contributed by atoms with Crippen molar-refractivity contribution in [3.63, 3.8) is 0 Å². The number of hydrogen-bond donors (Lipinski definition) is 5. The first-order chi connectivity index (χ1) is 30.2. The van der Waals surface area contributed by atoms with Gasteiger partial charge in [0.05, 0.1) is 24.0 Å². The highest BCUT2D eigenvalue weighted by Crippen LogP contribution is 2.36. The Labute approximate surface area is 362 Å². The molecule has 2 saturated carbocycles. The van der Waals surface area contributed by atoms with Crippen LogP contribution in [0.5, 0.6) is 0 Å². The molecule has 2 aliphatic carbocycles. The van der Waals surface area contributed by atoms with E-state index in [2.05, 4.69) is 62.6 Å². The predicted octanol–water partition coefficient (Wildman–Crippen LogP) is 7.41. The summed E-state index contributed by atoms with van der Waals surface area (Å²) < 4.78 is 0. The molecule has 1 aromatic heterocycles. The summed E-state index contributed by atoms with van der Waals surface area (Å²) in [5.74, 6) is 0.182. The average molecular weight is 834 g/mol. The van der Waals surface area contributed by atoms with Crippen molar-refractivity contribution in [2.45, 2.75) is 88.9 Å². The predicted molar refractivity (Wildman–Crippen MR) is 237 cm³/mol. The molecule has 0 bridgehead atoms. The van der Waals surface area contributed by atoms with Gasteiger partial charge in [-0.1, -0.05) is 109 Å². The minimum absolute atomic E-state index is 0.00122. The Balaban J connectivity index is 0.802. The smallest absolute Gasteiger partial charge is 0.250 e. The lowest BCUT2D eigenvalue weighted by atomic mass is 10.00. The van der Waals surface area contributed by atoms with Crippen molar-refractivity contribution in [3.05, 3.63) is 138 Å². The molecule has 5 N–H and O–H groups in total. The quantitative estimate of drug-likeness (QED) is 0.0578. The van der Waals surface area contributed by atoms with E-state index in [1.54, 1.807) is 0 Å². The Morgan fingerprint density at radius 3 is 1.84 bits per heavy atom. The number of aromatic amines is 1. The molecule has 1 aliphatic heterocycles. The second-order valence-electron chi connectivity index (χ2n) is 16.9. The number of hydrogen-bond acceptors (Lipinski definition) is 6. The van der Waals surface area contributed by atoms with Gasteiger partial charge in [-0.15, -0.1) is 0 Å². The van der Waals surface area contributed by atoms with E-state index in [0.717, 1.165) is 83.4 Å². The van der Waals surface area contributed by atoms with Crippen LogP contribution in [0, 0.1) is 11.8 Å². The zero-order valence-corrected chi connectivity index (χ0v) is 35.1. The van der Waals surface area contributed by atoms with Gasteiger partial charge >= 0.3 is 0 Å². The van der Waals surface area contributed by atoms with E-state index in [9.17, 15) is 24.0 Å². The van der Waals surface area contributed by atoms with Gasteiger partial charge in [-0.3, -0.25) is 24.0 Å². The summed E-state index contributed by atoms with van der Waals surface area (Å²) >= 11 is 0. The first-order valence-corrected chi connectivity index (χ1v) is 22.1. The lowest BCUT2D eigenvalue weighted by Gasteiger charge is -2.28. The van der Waals surface area contributed by atoms with Crippen molar-refractivity contribution in [2.75, 3.05) is 13.1 Å². The Kier molecular flexibility index (Phi) is 13.2. The molecule has 0 unspecified atom stereocenters. The Bertz CT molecular complexity index is 2340. The van der Waals surface area contributed by atoms with E-state index >= 15 is 0 Å². The number of aromatic nitrogens is 2. The van der Waals surface area contributed by atoms with Gasteiger partial charge in [-0.05, 0) is 91.7 Å². The molecule has 1 saturated heterocycles. The maximum absolute atomic E-state index is 14.1. The van der Waals surface area contributed by atoms with Crippen LogP contribution < -0.4 is 21.3 Å². The van der Waals surface area contributed by atoms with Gasteiger partial charge in [0.2, 0.25) is 29.5 Å². The van der Waals surface area contributed by atoms with Gasteiger partial charge in [0.1, 0.15) is 17.9 Å². The van der Waals surface area contributed by atoms with E-state index in [1.807, 2.05) is 90.8 Å². The van der Waals surface area contributed by atoms with Crippen LogP contribution in [-0.2, 0) is 24.0 Å². The van der Waals surface area contributed by atoms with Crippen molar-refractivity contribution in [3.8, 4) is 22.4 Å². The summed E-state index contributed by atoms with van der Waals surface area (Å²) in [5.41, 5.74) is 6.47. The topological polar surface area (TPSA) is 165 Å². The number of imidazole rings is 1. The minimum Gasteiger partial charge on any atom is -0.354 e. The fraction of sp³-hybridized carbons (Fsp3) is 0.360. The van der Waals surface area contributed by atoms with E-state index in [1.165, 1.54) is 0 Å². The molecule has 3 fully saturated rings. The number of likely N-dealkylation sites (tertiary alicyclic amines) is 1. The van der Waals surface area contributed by atoms with Crippen LogP contribution in [0.1, 0.15) is 111 Å². The second kappa shape index (κ2) is 19.4. The molecule has 0 spiro atoms. The zero-order chi connectivity index (χ0) is 43.0. The maximum Gasteiger partial charge on any atom is 0.250 e. The van der Waals surface area contributed by atoms with Crippen LogP contribution in [0.3, 0.4) is 0 Å². The molecule has 62 heavy (non-hydrogen) atoms. The van der Waals surface area contributed by atoms with E-state index < -0.39 is 12.1 Å². The van der Waals surface area contributed by atoms with Gasteiger partial charge in [0.15, 0.2) is 0 Å². The lowest BCUT2D eigenvalue weighted by molar-refractivity contribution is -0.138. The fourth-order valence-electron chi connectivity index (χ4n) is 8.15. The van der Waals surface area contributed by atoms with Crippen LogP contribution in [0.15, 0.2) is 115 Å². The molecule has 0 radical (unpaired) electrons. The number of benzene rings is 4. The summed E-state index contributed by atoms with van der Waals surface area (Å²) in [5, 5.41) is 12.0. The third kappa shape index (κ3) is 10.5. The Morgan fingerprint density at radius 1 is 0.661 bits per heavy atom. The zero-order valence-electron chi connectivity index (χ0n) is 35.1. The summed E-state index contributed by atoms with van der Waals surface area (Å²) in [6.07, 6.45) is 8.52. The van der Waals surface area contributed by atoms with Crippen LogP contribution >= 0.6 is 0 Å². The van der Waals surface area contributed by atoms with Gasteiger partial charge in [-0.2, -0.15) is 0 Å². The number of unbranched alkanes of at least 4 members (excludes halogenated alkanes) is 1. The second-order valence-corrected chi connectivity index (χ2v) is 16.9. The Morgan fingerprint density at radius 2 is 1.23 bits per heavy atom. The average Bonchev–Trinajstić information content (AvgIpc) is 4.24. The summed E-state index contributed by atoms with van der Waals surface area (Å²) in [6.45, 7) is 2.98. The molecule has 12 heteroatoms. The van der Waals surface area contributed by atoms with Crippen molar-refractivity contribution < 1.29 is 24.0 Å². The molecule has 5 amide bonds. The minimum atomic E-state index is -0.738. The summed E-state index contributed by atoms with van der Waals surface area (Å²) in [6, 6.07) is 33.3. The molecule has 3 aliphatic rings.